The highest BCUT2D eigenvalue weighted by molar-refractivity contribution is 6.35. The second-order valence-electron chi connectivity index (χ2n) is 7.38. The SMILES string of the molecule is N#Cc1nn(-c2cc(Cl)c(Oc3cc(CC4CCCC4)c(=O)[nH]n3)cc2Cl)c(=O)[nH]c1=O. The van der Waals surface area contributed by atoms with Crippen molar-refractivity contribution in [2.45, 2.75) is 32.1 Å². The van der Waals surface area contributed by atoms with Crippen LogP contribution in [0.1, 0.15) is 36.9 Å². The van der Waals surface area contributed by atoms with E-state index in [2.05, 4.69) is 15.3 Å². The Morgan fingerprint density at radius 3 is 2.59 bits per heavy atom. The number of nitrogens with zero attached hydrogens (tertiary/aromatic N) is 4. The lowest BCUT2D eigenvalue weighted by molar-refractivity contribution is 0.450. The van der Waals surface area contributed by atoms with Crippen LogP contribution in [-0.2, 0) is 6.42 Å². The van der Waals surface area contributed by atoms with Crippen LogP contribution < -0.4 is 21.5 Å². The number of nitrogens with one attached hydrogen (secondary N) is 2. The fourth-order valence-corrected chi connectivity index (χ4v) is 4.09. The smallest absolute Gasteiger partial charge is 0.349 e. The Labute approximate surface area is 190 Å². The molecule has 3 aromatic rings. The summed E-state index contributed by atoms with van der Waals surface area (Å²) in [6, 6.07) is 5.81. The van der Waals surface area contributed by atoms with E-state index in [4.69, 9.17) is 33.2 Å². The molecule has 4 rings (SSSR count). The third kappa shape index (κ3) is 4.44. The predicted octanol–water partition coefficient (Wildman–Crippen LogP) is 2.71. The molecule has 12 heteroatoms. The van der Waals surface area contributed by atoms with E-state index in [1.54, 1.807) is 12.1 Å². The normalized spacial score (nSPS) is 13.8. The van der Waals surface area contributed by atoms with Crippen LogP contribution in [-0.4, -0.2) is 25.0 Å². The van der Waals surface area contributed by atoms with Crippen LogP contribution in [0.2, 0.25) is 10.0 Å². The van der Waals surface area contributed by atoms with Gasteiger partial charge in [0.15, 0.2) is 0 Å². The van der Waals surface area contributed by atoms with E-state index in [0.29, 0.717) is 17.9 Å². The number of hydrogen-bond donors (Lipinski definition) is 2. The van der Waals surface area contributed by atoms with Gasteiger partial charge in [-0.25, -0.2) is 9.89 Å². The average Bonchev–Trinajstić information content (AvgIpc) is 3.26. The fraction of sp³-hybridized carbons (Fsp3) is 0.300. The Bertz CT molecular complexity index is 1400. The molecule has 0 aliphatic heterocycles. The molecule has 164 valence electrons. The molecule has 1 fully saturated rings. The van der Waals surface area contributed by atoms with E-state index >= 15 is 0 Å². The molecule has 0 saturated heterocycles. The molecule has 10 nitrogen and oxygen atoms in total. The zero-order chi connectivity index (χ0) is 22.8. The van der Waals surface area contributed by atoms with E-state index in [1.807, 2.05) is 4.98 Å². The predicted molar refractivity (Wildman–Crippen MR) is 116 cm³/mol. The standard InChI is InChI=1S/C20H16Cl2N6O4/c21-12-8-16(13(22)7-15(12)28-20(31)24-19(30)14(9-23)27-28)32-17-6-11(18(29)26-25-17)5-10-3-1-2-4-10/h6-8,10H,1-5H2,(H,26,29)(H,24,30,31). The van der Waals surface area contributed by atoms with Gasteiger partial charge in [0.2, 0.25) is 11.6 Å². The maximum absolute atomic E-state index is 12.1. The van der Waals surface area contributed by atoms with Crippen LogP contribution in [0.25, 0.3) is 5.69 Å². The number of ether oxygens (including phenoxy) is 1. The molecule has 0 unspecified atom stereocenters. The van der Waals surface area contributed by atoms with Gasteiger partial charge in [-0.15, -0.1) is 10.2 Å². The lowest BCUT2D eigenvalue weighted by atomic mass is 9.99. The van der Waals surface area contributed by atoms with Crippen LogP contribution >= 0.6 is 23.2 Å². The van der Waals surface area contributed by atoms with Crippen LogP contribution in [0.15, 0.2) is 32.6 Å². The summed E-state index contributed by atoms with van der Waals surface area (Å²) in [5.74, 6) is 0.726. The molecule has 2 aromatic heterocycles. The van der Waals surface area contributed by atoms with E-state index in [1.165, 1.54) is 25.0 Å². The zero-order valence-corrected chi connectivity index (χ0v) is 18.0. The highest BCUT2D eigenvalue weighted by Gasteiger charge is 2.19. The monoisotopic (exact) mass is 474 g/mol. The molecule has 2 N–H and O–H groups in total. The summed E-state index contributed by atoms with van der Waals surface area (Å²) in [5, 5.41) is 19.1. The molecule has 0 spiro atoms. The number of hydrogen-bond acceptors (Lipinski definition) is 7. The summed E-state index contributed by atoms with van der Waals surface area (Å²) in [6.07, 6.45) is 5.16. The number of halogens is 2. The summed E-state index contributed by atoms with van der Waals surface area (Å²) >= 11 is 12.6. The first-order valence-electron chi connectivity index (χ1n) is 9.75. The molecular weight excluding hydrogens is 459 g/mol. The van der Waals surface area contributed by atoms with Gasteiger partial charge in [0.05, 0.1) is 15.7 Å². The van der Waals surface area contributed by atoms with Crippen LogP contribution in [0.4, 0.5) is 0 Å². The van der Waals surface area contributed by atoms with Gasteiger partial charge >= 0.3 is 5.69 Å². The summed E-state index contributed by atoms with van der Waals surface area (Å²) in [6.45, 7) is 0. The second kappa shape index (κ2) is 8.98. The maximum atomic E-state index is 12.1. The van der Waals surface area contributed by atoms with Gasteiger partial charge in [0.1, 0.15) is 11.8 Å². The second-order valence-corrected chi connectivity index (χ2v) is 8.20. The Balaban J connectivity index is 1.65. The van der Waals surface area contributed by atoms with Gasteiger partial charge in [-0.1, -0.05) is 48.9 Å². The van der Waals surface area contributed by atoms with E-state index in [9.17, 15) is 14.4 Å². The molecule has 0 bridgehead atoms. The van der Waals surface area contributed by atoms with E-state index < -0.39 is 16.9 Å². The summed E-state index contributed by atoms with van der Waals surface area (Å²) in [7, 11) is 0. The fourth-order valence-electron chi connectivity index (χ4n) is 3.66. The summed E-state index contributed by atoms with van der Waals surface area (Å²) in [5.41, 5.74) is -1.95. The molecule has 1 aliphatic rings. The first-order valence-corrected chi connectivity index (χ1v) is 10.5. The van der Waals surface area contributed by atoms with Gasteiger partial charge in [-0.2, -0.15) is 9.94 Å². The third-order valence-corrected chi connectivity index (χ3v) is 5.82. The first-order chi connectivity index (χ1) is 15.4. The minimum Gasteiger partial charge on any atom is -0.436 e. The lowest BCUT2D eigenvalue weighted by Gasteiger charge is -2.12. The Morgan fingerprint density at radius 1 is 1.12 bits per heavy atom. The topological polar surface area (TPSA) is 147 Å². The van der Waals surface area contributed by atoms with E-state index in [0.717, 1.165) is 17.5 Å². The highest BCUT2D eigenvalue weighted by Crippen LogP contribution is 2.35. The Morgan fingerprint density at radius 2 is 1.88 bits per heavy atom. The first kappa shape index (κ1) is 21.8. The van der Waals surface area contributed by atoms with Gasteiger partial charge in [0.25, 0.3) is 11.1 Å². The van der Waals surface area contributed by atoms with Crippen molar-refractivity contribution in [1.82, 2.24) is 25.0 Å². The number of nitriles is 1. The maximum Gasteiger partial charge on any atom is 0.349 e. The van der Waals surface area contributed by atoms with Gasteiger partial charge < -0.3 is 4.74 Å². The Hall–Kier alpha value is -3.42. The van der Waals surface area contributed by atoms with Crippen molar-refractivity contribution in [2.75, 3.05) is 0 Å². The largest absolute Gasteiger partial charge is 0.436 e. The third-order valence-electron chi connectivity index (χ3n) is 5.22. The van der Waals surface area contributed by atoms with Crippen molar-refractivity contribution in [2.24, 2.45) is 5.92 Å². The quantitative estimate of drug-likeness (QED) is 0.577. The molecule has 32 heavy (non-hydrogen) atoms. The van der Waals surface area contributed by atoms with Crippen LogP contribution in [0.3, 0.4) is 0 Å². The average molecular weight is 475 g/mol. The van der Waals surface area contributed by atoms with Crippen LogP contribution in [0.5, 0.6) is 11.6 Å². The summed E-state index contributed by atoms with van der Waals surface area (Å²) in [4.78, 5) is 37.8. The van der Waals surface area contributed by atoms with Crippen molar-refractivity contribution >= 4 is 23.2 Å². The number of rotatable bonds is 5. The molecule has 0 atom stereocenters. The molecule has 2 heterocycles. The minimum atomic E-state index is -0.909. The van der Waals surface area contributed by atoms with Crippen molar-refractivity contribution < 1.29 is 4.74 Å². The van der Waals surface area contributed by atoms with Crippen molar-refractivity contribution in [3.05, 3.63) is 70.7 Å². The molecule has 1 aromatic carbocycles. The molecule has 1 aliphatic carbocycles. The lowest BCUT2D eigenvalue weighted by Crippen LogP contribution is -2.33. The van der Waals surface area contributed by atoms with Crippen molar-refractivity contribution in [3.8, 4) is 23.4 Å². The number of benzene rings is 1. The Kier molecular flexibility index (Phi) is 6.12. The van der Waals surface area contributed by atoms with Crippen molar-refractivity contribution in [1.29, 1.82) is 5.26 Å². The number of H-pyrrole nitrogens is 2. The van der Waals surface area contributed by atoms with E-state index in [-0.39, 0.29) is 32.9 Å². The van der Waals surface area contributed by atoms with Gasteiger partial charge in [0, 0.05) is 17.7 Å². The summed E-state index contributed by atoms with van der Waals surface area (Å²) < 4.78 is 6.48. The van der Waals surface area contributed by atoms with Gasteiger partial charge in [-0.05, 0) is 18.4 Å². The highest BCUT2D eigenvalue weighted by atomic mass is 35.5. The van der Waals surface area contributed by atoms with Gasteiger partial charge in [-0.3, -0.25) is 14.6 Å². The number of aromatic amines is 2. The minimum absolute atomic E-state index is 0.0190. The zero-order valence-electron chi connectivity index (χ0n) is 16.5. The molecule has 0 radical (unpaired) electrons. The molecular formula is C20H16Cl2N6O4. The van der Waals surface area contributed by atoms with Crippen LogP contribution in [0, 0.1) is 17.2 Å². The number of aromatic nitrogens is 5. The van der Waals surface area contributed by atoms with Crippen molar-refractivity contribution in [3.63, 3.8) is 0 Å². The molecule has 0 amide bonds. The molecule has 1 saturated carbocycles.